The smallest absolute Gasteiger partial charge is 0.269 e. The zero-order valence-electron chi connectivity index (χ0n) is 18.6. The summed E-state index contributed by atoms with van der Waals surface area (Å²) in [4.78, 5) is 11.5. The molecule has 170 valence electrons. The van der Waals surface area contributed by atoms with Crippen LogP contribution >= 0.6 is 0 Å². The highest BCUT2D eigenvalue weighted by Gasteiger charge is 2.31. The Balaban J connectivity index is 1.61. The average Bonchev–Trinajstić information content (AvgIpc) is 3.53. The average molecular weight is 464 g/mol. The van der Waals surface area contributed by atoms with Crippen LogP contribution in [0.3, 0.4) is 0 Å². The van der Waals surface area contributed by atoms with Crippen molar-refractivity contribution in [2.75, 3.05) is 24.8 Å². The minimum absolute atomic E-state index is 0.222. The van der Waals surface area contributed by atoms with E-state index >= 15 is 0 Å². The molecular formula is C23H25N7O2S. The van der Waals surface area contributed by atoms with Crippen LogP contribution in [0.5, 0.6) is 0 Å². The first-order chi connectivity index (χ1) is 15.9. The van der Waals surface area contributed by atoms with Crippen LogP contribution < -0.4 is 5.01 Å². The highest BCUT2D eigenvalue weighted by atomic mass is 32.2. The number of fused-ring (bicyclic) bond motifs is 3. The Labute approximate surface area is 192 Å². The number of nitrogens with zero attached hydrogens (tertiary/aromatic N) is 7. The van der Waals surface area contributed by atoms with Crippen molar-refractivity contribution in [3.63, 3.8) is 0 Å². The summed E-state index contributed by atoms with van der Waals surface area (Å²) in [6, 6.07) is 11.1. The maximum Gasteiger partial charge on any atom is 0.269 e. The van der Waals surface area contributed by atoms with Gasteiger partial charge in [-0.15, -0.1) is 0 Å². The van der Waals surface area contributed by atoms with E-state index in [9.17, 15) is 8.42 Å². The lowest BCUT2D eigenvalue weighted by molar-refractivity contribution is 0.337. The van der Waals surface area contributed by atoms with Gasteiger partial charge < -0.3 is 0 Å². The van der Waals surface area contributed by atoms with E-state index in [0.717, 1.165) is 36.0 Å². The van der Waals surface area contributed by atoms with Crippen LogP contribution in [0, 0.1) is 18.3 Å². The number of benzene rings is 1. The molecule has 0 N–H and O–H groups in total. The van der Waals surface area contributed by atoms with Gasteiger partial charge in [0.25, 0.3) is 10.0 Å². The second-order valence-corrected chi connectivity index (χ2v) is 10.2. The normalized spacial score (nSPS) is 17.2. The molecule has 0 aliphatic carbocycles. The number of hydrogen-bond acceptors (Lipinski definition) is 7. The highest BCUT2D eigenvalue weighted by molar-refractivity contribution is 7.90. The lowest BCUT2D eigenvalue weighted by Gasteiger charge is -2.26. The van der Waals surface area contributed by atoms with Crippen molar-refractivity contribution in [1.29, 1.82) is 5.26 Å². The van der Waals surface area contributed by atoms with Crippen LogP contribution in [0.2, 0.25) is 0 Å². The molecule has 0 amide bonds. The molecule has 33 heavy (non-hydrogen) atoms. The molecule has 3 aromatic heterocycles. The monoisotopic (exact) mass is 463 g/mol. The maximum absolute atomic E-state index is 13.3. The first kappa shape index (κ1) is 21.4. The first-order valence-electron chi connectivity index (χ1n) is 11.0. The van der Waals surface area contributed by atoms with E-state index in [1.807, 2.05) is 11.6 Å². The van der Waals surface area contributed by atoms with Gasteiger partial charge in [0.1, 0.15) is 17.4 Å². The van der Waals surface area contributed by atoms with Crippen LogP contribution in [-0.2, 0) is 10.0 Å². The molecule has 0 radical (unpaired) electrons. The van der Waals surface area contributed by atoms with Gasteiger partial charge >= 0.3 is 0 Å². The van der Waals surface area contributed by atoms with Gasteiger partial charge in [-0.2, -0.15) is 5.26 Å². The van der Waals surface area contributed by atoms with Crippen molar-refractivity contribution in [2.24, 2.45) is 0 Å². The van der Waals surface area contributed by atoms with Crippen molar-refractivity contribution in [2.45, 2.75) is 37.6 Å². The molecule has 1 aliphatic heterocycles. The van der Waals surface area contributed by atoms with Gasteiger partial charge in [-0.05, 0) is 31.5 Å². The molecule has 1 aliphatic rings. The molecule has 1 atom stereocenters. The van der Waals surface area contributed by atoms with Crippen molar-refractivity contribution in [1.82, 2.24) is 23.5 Å². The second kappa shape index (κ2) is 8.17. The largest absolute Gasteiger partial charge is 0.293 e. The van der Waals surface area contributed by atoms with E-state index in [-0.39, 0.29) is 10.9 Å². The summed E-state index contributed by atoms with van der Waals surface area (Å²) in [5, 5.41) is 11.9. The minimum atomic E-state index is -3.79. The van der Waals surface area contributed by atoms with E-state index in [2.05, 4.69) is 32.9 Å². The van der Waals surface area contributed by atoms with Gasteiger partial charge in [0.05, 0.1) is 29.9 Å². The zero-order chi connectivity index (χ0) is 23.2. The van der Waals surface area contributed by atoms with E-state index in [1.54, 1.807) is 49.1 Å². The number of pyridine rings is 1. The molecule has 0 saturated carbocycles. The summed E-state index contributed by atoms with van der Waals surface area (Å²) >= 11 is 0. The molecule has 0 spiro atoms. The number of hydrogen-bond donors (Lipinski definition) is 0. The summed E-state index contributed by atoms with van der Waals surface area (Å²) in [7, 11) is -3.79. The number of rotatable bonds is 6. The highest BCUT2D eigenvalue weighted by Crippen LogP contribution is 2.28. The molecule has 1 unspecified atom stereocenters. The molecule has 4 aromatic rings. The van der Waals surface area contributed by atoms with Crippen molar-refractivity contribution in [3.05, 3.63) is 54.6 Å². The Kier molecular flexibility index (Phi) is 5.31. The standard InChI is InChI=1S/C23H25N7O2S/c1-3-18-14-27(11-4-10-24)16-29(18)28-15-26-21-13-25-23-20(22(21)28)9-12-30(23)33(31,32)19-7-5-17(2)6-8-19/h5-9,12-13,15,18H,3-4,11,14,16H2,1-2H3. The molecule has 1 aromatic carbocycles. The second-order valence-electron chi connectivity index (χ2n) is 8.38. The van der Waals surface area contributed by atoms with Gasteiger partial charge in [0.15, 0.2) is 5.65 Å². The fourth-order valence-corrected chi connectivity index (χ4v) is 5.79. The molecular weight excluding hydrogens is 438 g/mol. The van der Waals surface area contributed by atoms with Gasteiger partial charge in [0, 0.05) is 31.1 Å². The lowest BCUT2D eigenvalue weighted by Crippen LogP contribution is -2.39. The Hall–Kier alpha value is -3.42. The fraction of sp³-hybridized carbons (Fsp3) is 0.348. The number of nitriles is 1. The van der Waals surface area contributed by atoms with E-state index in [4.69, 9.17) is 5.26 Å². The quantitative estimate of drug-likeness (QED) is 0.433. The van der Waals surface area contributed by atoms with Gasteiger partial charge in [0.2, 0.25) is 0 Å². The van der Waals surface area contributed by atoms with Crippen LogP contribution in [-0.4, -0.2) is 57.7 Å². The predicted molar refractivity (Wildman–Crippen MR) is 126 cm³/mol. The SMILES string of the molecule is CCC1CN(CCC#N)CN1n1cnc2cnc3c(ccn3S(=O)(=O)c3ccc(C)cc3)c21. The summed E-state index contributed by atoms with van der Waals surface area (Å²) < 4.78 is 29.9. The third-order valence-electron chi connectivity index (χ3n) is 6.27. The maximum atomic E-state index is 13.3. The van der Waals surface area contributed by atoms with Crippen molar-refractivity contribution in [3.8, 4) is 6.07 Å². The van der Waals surface area contributed by atoms with Crippen LogP contribution in [0.1, 0.15) is 25.3 Å². The van der Waals surface area contributed by atoms with E-state index < -0.39 is 10.0 Å². The number of aromatic nitrogens is 4. The minimum Gasteiger partial charge on any atom is -0.293 e. The lowest BCUT2D eigenvalue weighted by atomic mass is 10.2. The molecule has 10 heteroatoms. The van der Waals surface area contributed by atoms with Crippen molar-refractivity contribution >= 4 is 32.1 Å². The summed E-state index contributed by atoms with van der Waals surface area (Å²) in [5.41, 5.74) is 2.91. The molecule has 1 saturated heterocycles. The zero-order valence-corrected chi connectivity index (χ0v) is 19.4. The molecule has 5 rings (SSSR count). The van der Waals surface area contributed by atoms with Gasteiger partial charge in [-0.1, -0.05) is 24.6 Å². The number of aryl methyl sites for hydroxylation is 1. The first-order valence-corrected chi connectivity index (χ1v) is 12.4. The van der Waals surface area contributed by atoms with E-state index in [1.165, 1.54) is 3.97 Å². The van der Waals surface area contributed by atoms with Gasteiger partial charge in [-0.25, -0.2) is 27.0 Å². The molecule has 0 bridgehead atoms. The van der Waals surface area contributed by atoms with E-state index in [0.29, 0.717) is 24.3 Å². The number of imidazole rings is 1. The fourth-order valence-electron chi connectivity index (χ4n) is 4.49. The third-order valence-corrected chi connectivity index (χ3v) is 7.95. The third kappa shape index (κ3) is 3.53. The Bertz CT molecular complexity index is 1460. The van der Waals surface area contributed by atoms with Crippen LogP contribution in [0.4, 0.5) is 0 Å². The van der Waals surface area contributed by atoms with Crippen molar-refractivity contribution < 1.29 is 8.42 Å². The van der Waals surface area contributed by atoms with Crippen LogP contribution in [0.15, 0.2) is 53.9 Å². The summed E-state index contributed by atoms with van der Waals surface area (Å²) in [5.74, 6) is 0. The van der Waals surface area contributed by atoms with Gasteiger partial charge in [-0.3, -0.25) is 9.91 Å². The molecule has 9 nitrogen and oxygen atoms in total. The Morgan fingerprint density at radius 3 is 2.70 bits per heavy atom. The summed E-state index contributed by atoms with van der Waals surface area (Å²) in [6.45, 7) is 6.33. The van der Waals surface area contributed by atoms with Crippen LogP contribution in [0.25, 0.3) is 22.1 Å². The molecule has 4 heterocycles. The molecule has 1 fully saturated rings. The Morgan fingerprint density at radius 2 is 1.97 bits per heavy atom. The predicted octanol–water partition coefficient (Wildman–Crippen LogP) is 2.83. The topological polar surface area (TPSA) is 100 Å². The Morgan fingerprint density at radius 1 is 1.18 bits per heavy atom. The summed E-state index contributed by atoms with van der Waals surface area (Å²) in [6.07, 6.45) is 6.39.